The van der Waals surface area contributed by atoms with E-state index in [1.54, 1.807) is 30.3 Å². The quantitative estimate of drug-likeness (QED) is 0.557. The summed E-state index contributed by atoms with van der Waals surface area (Å²) in [6, 6.07) is 12.6. The first-order chi connectivity index (χ1) is 11.2. The molecule has 6 nitrogen and oxygen atoms in total. The predicted octanol–water partition coefficient (Wildman–Crippen LogP) is 2.95. The van der Waals surface area contributed by atoms with Crippen LogP contribution in [0.4, 0.5) is 11.4 Å². The number of carbonyl (C=O) groups excluding carboxylic acids is 1. The highest BCUT2D eigenvalue weighted by atomic mass is 32.1. The van der Waals surface area contributed by atoms with E-state index in [0.717, 1.165) is 10.6 Å². The number of nitrogens with one attached hydrogen (secondary N) is 1. The summed E-state index contributed by atoms with van der Waals surface area (Å²) in [5.41, 5.74) is 7.35. The Labute approximate surface area is 136 Å². The normalized spacial score (nSPS) is 11.4. The van der Waals surface area contributed by atoms with Gasteiger partial charge in [-0.3, -0.25) is 4.79 Å². The number of thiophene rings is 1. The number of carbonyl (C=O) groups is 1. The zero-order chi connectivity index (χ0) is 16.1. The van der Waals surface area contributed by atoms with E-state index in [0.29, 0.717) is 17.3 Å². The van der Waals surface area contributed by atoms with E-state index < -0.39 is 0 Å². The van der Waals surface area contributed by atoms with Gasteiger partial charge in [-0.2, -0.15) is 0 Å². The minimum absolute atomic E-state index is 0.144. The Hall–Kier alpha value is -2.93. The molecule has 23 heavy (non-hydrogen) atoms. The van der Waals surface area contributed by atoms with Crippen molar-refractivity contribution in [1.82, 2.24) is 5.16 Å². The molecule has 1 amide bonds. The van der Waals surface area contributed by atoms with Gasteiger partial charge in [0.2, 0.25) is 5.91 Å². The van der Waals surface area contributed by atoms with Crippen molar-refractivity contribution in [2.75, 3.05) is 5.32 Å². The van der Waals surface area contributed by atoms with Gasteiger partial charge < -0.3 is 15.6 Å². The van der Waals surface area contributed by atoms with Crippen LogP contribution in [0.5, 0.6) is 0 Å². The molecule has 0 radical (unpaired) electrons. The van der Waals surface area contributed by atoms with Crippen LogP contribution in [0.25, 0.3) is 0 Å². The van der Waals surface area contributed by atoms with Crippen LogP contribution in [-0.4, -0.2) is 16.9 Å². The van der Waals surface area contributed by atoms with E-state index >= 15 is 0 Å². The van der Waals surface area contributed by atoms with Crippen LogP contribution in [0.15, 0.2) is 63.6 Å². The smallest absolute Gasteiger partial charge is 0.232 e. The second-order valence-electron chi connectivity index (χ2n) is 4.72. The van der Waals surface area contributed by atoms with E-state index in [1.165, 1.54) is 17.5 Å². The van der Waals surface area contributed by atoms with E-state index in [9.17, 15) is 4.79 Å². The molecule has 2 heterocycles. The summed E-state index contributed by atoms with van der Waals surface area (Å²) >= 11 is 1.54. The van der Waals surface area contributed by atoms with Crippen LogP contribution in [0.2, 0.25) is 0 Å². The molecule has 0 aliphatic carbocycles. The van der Waals surface area contributed by atoms with Gasteiger partial charge in [-0.25, -0.2) is 4.99 Å². The average molecular weight is 326 g/mol. The summed E-state index contributed by atoms with van der Waals surface area (Å²) < 4.78 is 4.90. The van der Waals surface area contributed by atoms with Crippen LogP contribution in [0.1, 0.15) is 10.6 Å². The van der Waals surface area contributed by atoms with Crippen molar-refractivity contribution in [3.05, 3.63) is 64.7 Å². The topological polar surface area (TPSA) is 93.5 Å². The lowest BCUT2D eigenvalue weighted by Crippen LogP contribution is -2.13. The first-order valence-corrected chi connectivity index (χ1v) is 7.76. The fourth-order valence-corrected chi connectivity index (χ4v) is 2.56. The molecule has 3 aromatic rings. The van der Waals surface area contributed by atoms with Crippen LogP contribution >= 0.6 is 11.3 Å². The first-order valence-electron chi connectivity index (χ1n) is 6.88. The number of nitrogens with two attached hydrogens (primary N) is 1. The molecule has 1 aromatic carbocycles. The monoisotopic (exact) mass is 326 g/mol. The van der Waals surface area contributed by atoms with Gasteiger partial charge in [0, 0.05) is 11.8 Å². The number of benzene rings is 1. The van der Waals surface area contributed by atoms with Crippen LogP contribution in [-0.2, 0) is 11.2 Å². The first kappa shape index (κ1) is 15.0. The summed E-state index contributed by atoms with van der Waals surface area (Å²) in [5.74, 6) is 0.825. The third-order valence-corrected chi connectivity index (χ3v) is 3.89. The largest absolute Gasteiger partial charge is 0.383 e. The van der Waals surface area contributed by atoms with Gasteiger partial charge in [-0.05, 0) is 35.7 Å². The fourth-order valence-electron chi connectivity index (χ4n) is 1.93. The molecule has 3 N–H and O–H groups in total. The maximum atomic E-state index is 11.9. The zero-order valence-corrected chi connectivity index (χ0v) is 12.9. The van der Waals surface area contributed by atoms with Gasteiger partial charge in [0.15, 0.2) is 0 Å². The molecule has 0 unspecified atom stereocenters. The number of amidine groups is 1. The number of aromatic nitrogens is 1. The SMILES string of the molecule is NC(=Nc1ccc(NC(=O)Cc2ccno2)cc1)c1cccs1. The van der Waals surface area contributed by atoms with Crippen LogP contribution < -0.4 is 11.1 Å². The van der Waals surface area contributed by atoms with Gasteiger partial charge in [0.25, 0.3) is 0 Å². The third-order valence-electron chi connectivity index (χ3n) is 3.00. The zero-order valence-electron chi connectivity index (χ0n) is 12.1. The Morgan fingerprint density at radius 1 is 1.26 bits per heavy atom. The molecular formula is C16H14N4O2S. The van der Waals surface area contributed by atoms with E-state index in [1.807, 2.05) is 17.5 Å². The summed E-state index contributed by atoms with van der Waals surface area (Å²) in [4.78, 5) is 17.1. The van der Waals surface area contributed by atoms with Crippen molar-refractivity contribution in [2.45, 2.75) is 6.42 Å². The third kappa shape index (κ3) is 4.04. The van der Waals surface area contributed by atoms with Crippen molar-refractivity contribution in [3.63, 3.8) is 0 Å². The van der Waals surface area contributed by atoms with Gasteiger partial charge in [-0.1, -0.05) is 11.2 Å². The molecular weight excluding hydrogens is 312 g/mol. The highest BCUT2D eigenvalue weighted by Crippen LogP contribution is 2.18. The Kier molecular flexibility index (Phi) is 4.49. The molecule has 7 heteroatoms. The summed E-state index contributed by atoms with van der Waals surface area (Å²) in [5, 5.41) is 8.29. The van der Waals surface area contributed by atoms with Crippen molar-refractivity contribution < 1.29 is 9.32 Å². The maximum absolute atomic E-state index is 11.9. The lowest BCUT2D eigenvalue weighted by Gasteiger charge is -2.04. The Balaban J connectivity index is 1.63. The van der Waals surface area contributed by atoms with Crippen molar-refractivity contribution in [2.24, 2.45) is 10.7 Å². The number of amides is 1. The maximum Gasteiger partial charge on any atom is 0.232 e. The van der Waals surface area contributed by atoms with E-state index in [2.05, 4.69) is 15.5 Å². The summed E-state index contributed by atoms with van der Waals surface area (Å²) in [6.45, 7) is 0. The Morgan fingerprint density at radius 3 is 2.74 bits per heavy atom. The van der Waals surface area contributed by atoms with Crippen molar-refractivity contribution in [3.8, 4) is 0 Å². The Bertz CT molecular complexity index is 793. The highest BCUT2D eigenvalue weighted by Gasteiger charge is 2.07. The minimum atomic E-state index is -0.170. The number of rotatable bonds is 5. The molecule has 0 aliphatic heterocycles. The molecule has 0 bridgehead atoms. The molecule has 0 atom stereocenters. The van der Waals surface area contributed by atoms with Crippen molar-refractivity contribution >= 4 is 34.5 Å². The number of nitrogens with zero attached hydrogens (tertiary/aromatic N) is 2. The highest BCUT2D eigenvalue weighted by molar-refractivity contribution is 7.12. The molecule has 0 fully saturated rings. The lowest BCUT2D eigenvalue weighted by atomic mass is 10.2. The van der Waals surface area contributed by atoms with Crippen molar-refractivity contribution in [1.29, 1.82) is 0 Å². The number of hydrogen-bond donors (Lipinski definition) is 2. The second-order valence-corrected chi connectivity index (χ2v) is 5.67. The molecule has 0 saturated carbocycles. The molecule has 0 aliphatic rings. The van der Waals surface area contributed by atoms with Gasteiger partial charge in [0.05, 0.1) is 23.2 Å². The molecule has 0 spiro atoms. The molecule has 0 saturated heterocycles. The summed E-state index contributed by atoms with van der Waals surface area (Å²) in [7, 11) is 0. The number of hydrogen-bond acceptors (Lipinski definition) is 5. The number of aliphatic imine (C=N–C) groups is 1. The fraction of sp³-hybridized carbons (Fsp3) is 0.0625. The lowest BCUT2D eigenvalue weighted by molar-refractivity contribution is -0.115. The standard InChI is InChI=1S/C16H14N4O2S/c17-16(14-2-1-9-23-14)20-12-5-3-11(4-6-12)19-15(21)10-13-7-8-18-22-13/h1-9H,10H2,(H2,17,20)(H,19,21). The average Bonchev–Trinajstić information content (AvgIpc) is 3.22. The van der Waals surface area contributed by atoms with Gasteiger partial charge >= 0.3 is 0 Å². The summed E-state index contributed by atoms with van der Waals surface area (Å²) in [6.07, 6.45) is 1.65. The van der Waals surface area contributed by atoms with Gasteiger partial charge in [0.1, 0.15) is 11.6 Å². The van der Waals surface area contributed by atoms with Gasteiger partial charge in [-0.15, -0.1) is 11.3 Å². The Morgan fingerprint density at radius 2 is 2.09 bits per heavy atom. The molecule has 2 aromatic heterocycles. The number of anilines is 1. The van der Waals surface area contributed by atoms with E-state index in [4.69, 9.17) is 10.3 Å². The van der Waals surface area contributed by atoms with Crippen LogP contribution in [0.3, 0.4) is 0 Å². The molecule has 116 valence electrons. The molecule has 3 rings (SSSR count). The second kappa shape index (κ2) is 6.89. The predicted molar refractivity (Wildman–Crippen MR) is 90.0 cm³/mol. The van der Waals surface area contributed by atoms with E-state index in [-0.39, 0.29) is 12.3 Å². The van der Waals surface area contributed by atoms with Crippen LogP contribution in [0, 0.1) is 0 Å². The minimum Gasteiger partial charge on any atom is -0.383 e.